The number of aromatic nitrogens is 2. The Hall–Kier alpha value is -1.90. The molecule has 1 heterocycles. The predicted molar refractivity (Wildman–Crippen MR) is 54.0 cm³/mol. The number of nitrogens with zero attached hydrogens (tertiary/aromatic N) is 2. The molecule has 2 aromatic rings. The molecular weight excluding hydrogens is 176 g/mol. The third-order valence-electron chi connectivity index (χ3n) is 2.00. The van der Waals surface area contributed by atoms with Gasteiger partial charge in [0.1, 0.15) is 0 Å². The van der Waals surface area contributed by atoms with E-state index in [-0.39, 0.29) is 5.56 Å². The van der Waals surface area contributed by atoms with Gasteiger partial charge in [0.15, 0.2) is 0 Å². The molecule has 0 fully saturated rings. The van der Waals surface area contributed by atoms with E-state index >= 15 is 0 Å². The molecule has 0 saturated heterocycles. The van der Waals surface area contributed by atoms with Gasteiger partial charge in [-0.15, -0.1) is 0 Å². The minimum absolute atomic E-state index is 0.0728. The largest absolute Gasteiger partial charge is 0.308 e. The van der Waals surface area contributed by atoms with Gasteiger partial charge in [0.05, 0.1) is 12.7 Å². The van der Waals surface area contributed by atoms with Crippen molar-refractivity contribution in [2.24, 2.45) is 0 Å². The van der Waals surface area contributed by atoms with E-state index in [0.29, 0.717) is 6.54 Å². The van der Waals surface area contributed by atoms with Crippen LogP contribution in [0.25, 0.3) is 0 Å². The molecule has 0 bridgehead atoms. The topological polar surface area (TPSA) is 34.9 Å². The fraction of sp³-hybridized carbons (Fsp3) is 0.0909. The Balaban J connectivity index is 2.28. The smallest absolute Gasteiger partial charge is 0.269 e. The van der Waals surface area contributed by atoms with Gasteiger partial charge in [-0.2, -0.15) is 0 Å². The first-order valence-electron chi connectivity index (χ1n) is 4.40. The summed E-state index contributed by atoms with van der Waals surface area (Å²) < 4.78 is 1.63. The van der Waals surface area contributed by atoms with E-state index in [1.54, 1.807) is 17.0 Å². The molecule has 14 heavy (non-hydrogen) atoms. The molecule has 0 atom stereocenters. The minimum atomic E-state index is -0.0728. The van der Waals surface area contributed by atoms with Crippen LogP contribution in [0.3, 0.4) is 0 Å². The van der Waals surface area contributed by atoms with Gasteiger partial charge in [-0.05, 0) is 5.56 Å². The van der Waals surface area contributed by atoms with E-state index in [0.717, 1.165) is 5.56 Å². The van der Waals surface area contributed by atoms with E-state index in [4.69, 9.17) is 0 Å². The molecule has 0 spiro atoms. The zero-order chi connectivity index (χ0) is 9.80. The number of hydrogen-bond donors (Lipinski definition) is 0. The minimum Gasteiger partial charge on any atom is -0.308 e. The normalized spacial score (nSPS) is 10.0. The number of benzene rings is 1. The van der Waals surface area contributed by atoms with Crippen LogP contribution in [-0.4, -0.2) is 9.55 Å². The van der Waals surface area contributed by atoms with Crippen molar-refractivity contribution >= 4 is 0 Å². The highest BCUT2D eigenvalue weighted by Crippen LogP contribution is 1.99. The van der Waals surface area contributed by atoms with Gasteiger partial charge in [-0.3, -0.25) is 9.78 Å². The Morgan fingerprint density at radius 1 is 1.21 bits per heavy atom. The van der Waals surface area contributed by atoms with Crippen molar-refractivity contribution in [1.29, 1.82) is 0 Å². The van der Waals surface area contributed by atoms with Gasteiger partial charge in [-0.1, -0.05) is 30.3 Å². The van der Waals surface area contributed by atoms with E-state index in [2.05, 4.69) is 4.98 Å². The standard InChI is InChI=1S/C11H10N2O/c14-11-8-12-6-7-13(11)9-10-4-2-1-3-5-10/h1-8H,9H2. The summed E-state index contributed by atoms with van der Waals surface area (Å²) in [4.78, 5) is 15.1. The second-order valence-corrected chi connectivity index (χ2v) is 3.03. The number of rotatable bonds is 2. The lowest BCUT2D eigenvalue weighted by Crippen LogP contribution is -2.19. The van der Waals surface area contributed by atoms with E-state index in [9.17, 15) is 4.79 Å². The van der Waals surface area contributed by atoms with Gasteiger partial charge in [0.25, 0.3) is 5.56 Å². The highest BCUT2D eigenvalue weighted by atomic mass is 16.1. The van der Waals surface area contributed by atoms with Gasteiger partial charge in [0, 0.05) is 12.4 Å². The lowest BCUT2D eigenvalue weighted by atomic mass is 10.2. The van der Waals surface area contributed by atoms with Crippen molar-refractivity contribution in [3.05, 3.63) is 64.8 Å². The van der Waals surface area contributed by atoms with Gasteiger partial charge >= 0.3 is 0 Å². The Morgan fingerprint density at radius 3 is 2.71 bits per heavy atom. The van der Waals surface area contributed by atoms with Crippen LogP contribution in [0.15, 0.2) is 53.7 Å². The van der Waals surface area contributed by atoms with Crippen LogP contribution in [-0.2, 0) is 6.54 Å². The van der Waals surface area contributed by atoms with Crippen LogP contribution in [0.2, 0.25) is 0 Å². The Kier molecular flexibility index (Phi) is 2.40. The molecule has 3 nitrogen and oxygen atoms in total. The van der Waals surface area contributed by atoms with Gasteiger partial charge in [0.2, 0.25) is 0 Å². The van der Waals surface area contributed by atoms with Crippen LogP contribution in [0.4, 0.5) is 0 Å². The maximum absolute atomic E-state index is 11.3. The Morgan fingerprint density at radius 2 is 2.00 bits per heavy atom. The zero-order valence-corrected chi connectivity index (χ0v) is 7.63. The van der Waals surface area contributed by atoms with Crippen molar-refractivity contribution in [3.63, 3.8) is 0 Å². The molecule has 1 aromatic carbocycles. The summed E-state index contributed by atoms with van der Waals surface area (Å²) in [5, 5.41) is 0. The van der Waals surface area contributed by atoms with Gasteiger partial charge < -0.3 is 4.57 Å². The van der Waals surface area contributed by atoms with Crippen molar-refractivity contribution in [1.82, 2.24) is 9.55 Å². The first-order valence-corrected chi connectivity index (χ1v) is 4.40. The maximum atomic E-state index is 11.3. The molecule has 0 radical (unpaired) electrons. The molecule has 3 heteroatoms. The second-order valence-electron chi connectivity index (χ2n) is 3.03. The van der Waals surface area contributed by atoms with Crippen LogP contribution < -0.4 is 5.56 Å². The summed E-state index contributed by atoms with van der Waals surface area (Å²) in [6.45, 7) is 0.599. The highest BCUT2D eigenvalue weighted by molar-refractivity contribution is 5.15. The van der Waals surface area contributed by atoms with Crippen LogP contribution in [0.5, 0.6) is 0 Å². The van der Waals surface area contributed by atoms with Gasteiger partial charge in [-0.25, -0.2) is 0 Å². The van der Waals surface area contributed by atoms with Crippen molar-refractivity contribution in [3.8, 4) is 0 Å². The molecule has 70 valence electrons. The monoisotopic (exact) mass is 186 g/mol. The molecule has 0 aliphatic rings. The lowest BCUT2D eigenvalue weighted by Gasteiger charge is -2.03. The second kappa shape index (κ2) is 3.87. The summed E-state index contributed by atoms with van der Waals surface area (Å²) in [6.07, 6.45) is 4.63. The molecule has 0 amide bonds. The molecule has 0 saturated carbocycles. The van der Waals surface area contributed by atoms with Crippen LogP contribution in [0, 0.1) is 0 Å². The molecular formula is C11H10N2O. The summed E-state index contributed by atoms with van der Waals surface area (Å²) in [5.74, 6) is 0. The summed E-state index contributed by atoms with van der Waals surface area (Å²) in [5.41, 5.74) is 1.04. The third kappa shape index (κ3) is 1.88. The van der Waals surface area contributed by atoms with E-state index in [1.807, 2.05) is 30.3 Å². The fourth-order valence-electron chi connectivity index (χ4n) is 1.28. The number of hydrogen-bond acceptors (Lipinski definition) is 2. The molecule has 0 aliphatic heterocycles. The first-order chi connectivity index (χ1) is 6.86. The highest BCUT2D eigenvalue weighted by Gasteiger charge is 1.95. The summed E-state index contributed by atoms with van der Waals surface area (Å²) >= 11 is 0. The van der Waals surface area contributed by atoms with E-state index in [1.165, 1.54) is 6.20 Å². The Bertz CT molecular complexity index is 462. The van der Waals surface area contributed by atoms with E-state index < -0.39 is 0 Å². The summed E-state index contributed by atoms with van der Waals surface area (Å²) in [7, 11) is 0. The van der Waals surface area contributed by atoms with Crippen molar-refractivity contribution in [2.75, 3.05) is 0 Å². The SMILES string of the molecule is O=c1cnccn1Cc1ccccc1. The van der Waals surface area contributed by atoms with Crippen LogP contribution >= 0.6 is 0 Å². The summed E-state index contributed by atoms with van der Waals surface area (Å²) in [6, 6.07) is 9.86. The lowest BCUT2D eigenvalue weighted by molar-refractivity contribution is 0.748. The fourth-order valence-corrected chi connectivity index (χ4v) is 1.28. The van der Waals surface area contributed by atoms with Crippen LogP contribution in [0.1, 0.15) is 5.56 Å². The molecule has 0 aliphatic carbocycles. The van der Waals surface area contributed by atoms with Crippen molar-refractivity contribution < 1.29 is 0 Å². The Labute approximate surface area is 81.7 Å². The third-order valence-corrected chi connectivity index (χ3v) is 2.00. The quantitative estimate of drug-likeness (QED) is 0.708. The molecule has 2 rings (SSSR count). The molecule has 0 N–H and O–H groups in total. The molecule has 0 unspecified atom stereocenters. The zero-order valence-electron chi connectivity index (χ0n) is 7.63. The van der Waals surface area contributed by atoms with Crippen molar-refractivity contribution in [2.45, 2.75) is 6.54 Å². The maximum Gasteiger partial charge on any atom is 0.269 e. The molecule has 1 aromatic heterocycles. The average molecular weight is 186 g/mol. The predicted octanol–water partition coefficient (Wildman–Crippen LogP) is 1.29. The average Bonchev–Trinajstić information content (AvgIpc) is 2.23. The first kappa shape index (κ1) is 8.69.